The van der Waals surface area contributed by atoms with E-state index in [4.69, 9.17) is 4.74 Å². The first kappa shape index (κ1) is 23.7. The van der Waals surface area contributed by atoms with Gasteiger partial charge in [-0.05, 0) is 19.1 Å². The maximum Gasteiger partial charge on any atom is 0.295 e. The number of carbonyl (C=O) groups is 2. The molecule has 194 valence electrons. The molecule has 6 rings (SSSR count). The number of H-pyrrole nitrogens is 1. The van der Waals surface area contributed by atoms with Gasteiger partial charge in [-0.25, -0.2) is 14.6 Å². The summed E-state index contributed by atoms with van der Waals surface area (Å²) >= 11 is 0. The summed E-state index contributed by atoms with van der Waals surface area (Å²) in [5.74, 6) is 0.337. The summed E-state index contributed by atoms with van der Waals surface area (Å²) in [7, 11) is 3.58. The molecule has 1 aromatic carbocycles. The van der Waals surface area contributed by atoms with E-state index in [-0.39, 0.29) is 5.56 Å². The highest BCUT2D eigenvalue weighted by atomic mass is 16.5. The molecule has 1 N–H and O–H groups in total. The Morgan fingerprint density at radius 1 is 1.05 bits per heavy atom. The van der Waals surface area contributed by atoms with E-state index >= 15 is 0 Å². The largest absolute Gasteiger partial charge is 0.494 e. The number of ether oxygens (including phenoxy) is 1. The molecule has 0 saturated heterocycles. The Kier molecular flexibility index (Phi) is 5.82. The number of hydrogen-bond acceptors (Lipinski definition) is 8. The first-order chi connectivity index (χ1) is 18.5. The van der Waals surface area contributed by atoms with Crippen molar-refractivity contribution in [1.82, 2.24) is 34.5 Å². The highest BCUT2D eigenvalue weighted by molar-refractivity contribution is 6.45. The van der Waals surface area contributed by atoms with E-state index in [9.17, 15) is 9.59 Å². The average Bonchev–Trinajstić information content (AvgIpc) is 3.61. The summed E-state index contributed by atoms with van der Waals surface area (Å²) in [4.78, 5) is 45.0. The number of aromatic nitrogens is 5. The van der Waals surface area contributed by atoms with Crippen LogP contribution in [0.2, 0.25) is 0 Å². The predicted molar refractivity (Wildman–Crippen MR) is 141 cm³/mol. The second-order valence-corrected chi connectivity index (χ2v) is 9.46. The molecule has 5 heterocycles. The van der Waals surface area contributed by atoms with Crippen LogP contribution in [0.5, 0.6) is 5.75 Å². The van der Waals surface area contributed by atoms with E-state index in [2.05, 4.69) is 49.0 Å². The SMILES string of the molecule is COc1cnc(-n2cnc(C)n2)c2[nH]cc(C(=O)C(=O)N3CCC4=C(CC3)N(c3ccccc3)CN4C)c12. The summed E-state index contributed by atoms with van der Waals surface area (Å²) in [6.45, 7) is 3.49. The molecule has 0 aliphatic carbocycles. The third kappa shape index (κ3) is 3.87. The molecule has 11 nitrogen and oxygen atoms in total. The van der Waals surface area contributed by atoms with Gasteiger partial charge < -0.3 is 24.4 Å². The Bertz CT molecular complexity index is 1570. The standard InChI is InChI=1S/C27H28N8O3/c1-17-30-15-35(31-17)26-24-23(22(38-3)14-29-26)19(13-28-24)25(36)27(37)33-11-9-20-21(10-12-33)34(16-32(20)2)18-7-5-4-6-8-18/h4-8,13-15,28H,9-12,16H2,1-3H3. The summed E-state index contributed by atoms with van der Waals surface area (Å²) in [5.41, 5.74) is 4.33. The number of pyridine rings is 1. The Hall–Kier alpha value is -4.67. The molecular formula is C27H28N8O3. The van der Waals surface area contributed by atoms with E-state index in [1.54, 1.807) is 24.3 Å². The van der Waals surface area contributed by atoms with E-state index in [1.807, 2.05) is 18.2 Å². The van der Waals surface area contributed by atoms with Crippen molar-refractivity contribution < 1.29 is 14.3 Å². The molecule has 0 unspecified atom stereocenters. The van der Waals surface area contributed by atoms with Gasteiger partial charge in [0, 0.05) is 56.3 Å². The summed E-state index contributed by atoms with van der Waals surface area (Å²) < 4.78 is 7.04. The number of aryl methyl sites for hydroxylation is 1. The number of methoxy groups -OCH3 is 1. The molecule has 0 radical (unpaired) electrons. The number of nitrogens with zero attached hydrogens (tertiary/aromatic N) is 7. The Morgan fingerprint density at radius 3 is 2.53 bits per heavy atom. The number of anilines is 1. The second kappa shape index (κ2) is 9.33. The molecule has 0 atom stereocenters. The predicted octanol–water partition coefficient (Wildman–Crippen LogP) is 2.89. The molecule has 38 heavy (non-hydrogen) atoms. The third-order valence-electron chi connectivity index (χ3n) is 7.20. The number of hydrogen-bond donors (Lipinski definition) is 1. The number of nitrogens with one attached hydrogen (secondary N) is 1. The van der Waals surface area contributed by atoms with Gasteiger partial charge in [-0.3, -0.25) is 9.59 Å². The molecule has 3 aromatic heterocycles. The quantitative estimate of drug-likeness (QED) is 0.321. The van der Waals surface area contributed by atoms with Crippen LogP contribution in [0, 0.1) is 6.92 Å². The van der Waals surface area contributed by atoms with Crippen molar-refractivity contribution in [2.75, 3.05) is 38.8 Å². The zero-order chi connectivity index (χ0) is 26.4. The van der Waals surface area contributed by atoms with E-state index in [0.717, 1.165) is 12.4 Å². The van der Waals surface area contributed by atoms with Crippen LogP contribution in [0.25, 0.3) is 16.7 Å². The van der Waals surface area contributed by atoms with Gasteiger partial charge in [-0.2, -0.15) is 5.10 Å². The monoisotopic (exact) mass is 512 g/mol. The topological polar surface area (TPSA) is 112 Å². The molecule has 2 aliphatic rings. The maximum atomic E-state index is 13.6. The van der Waals surface area contributed by atoms with Gasteiger partial charge in [0.1, 0.15) is 17.9 Å². The third-order valence-corrected chi connectivity index (χ3v) is 7.20. The van der Waals surface area contributed by atoms with Crippen molar-refractivity contribution >= 4 is 28.3 Å². The zero-order valence-electron chi connectivity index (χ0n) is 21.5. The number of aromatic amines is 1. The molecule has 1 amide bonds. The fraction of sp³-hybridized carbons (Fsp3) is 0.296. The van der Waals surface area contributed by atoms with Crippen LogP contribution in [0.1, 0.15) is 29.0 Å². The Labute approximate surface area is 219 Å². The van der Waals surface area contributed by atoms with Gasteiger partial charge in [0.2, 0.25) is 0 Å². The Morgan fingerprint density at radius 2 is 1.82 bits per heavy atom. The van der Waals surface area contributed by atoms with Gasteiger partial charge in [0.15, 0.2) is 5.82 Å². The minimum absolute atomic E-state index is 0.245. The molecule has 2 aliphatic heterocycles. The van der Waals surface area contributed by atoms with Crippen molar-refractivity contribution in [3.05, 3.63) is 71.8 Å². The van der Waals surface area contributed by atoms with Crippen LogP contribution in [0.4, 0.5) is 5.69 Å². The highest BCUT2D eigenvalue weighted by Gasteiger charge is 2.34. The number of benzene rings is 1. The van der Waals surface area contributed by atoms with E-state index < -0.39 is 11.7 Å². The van der Waals surface area contributed by atoms with E-state index in [1.165, 1.54) is 29.4 Å². The fourth-order valence-corrected chi connectivity index (χ4v) is 5.33. The van der Waals surface area contributed by atoms with Crippen molar-refractivity contribution in [3.63, 3.8) is 0 Å². The van der Waals surface area contributed by atoms with Gasteiger partial charge >= 0.3 is 0 Å². The van der Waals surface area contributed by atoms with Crippen LogP contribution in [-0.2, 0) is 4.79 Å². The number of amides is 1. The molecule has 4 aromatic rings. The number of fused-ring (bicyclic) bond motifs is 1. The fourth-order valence-electron chi connectivity index (χ4n) is 5.33. The Balaban J connectivity index is 1.27. The molecular weight excluding hydrogens is 484 g/mol. The number of para-hydroxylation sites is 1. The van der Waals surface area contributed by atoms with Crippen LogP contribution in [-0.4, -0.2) is 80.1 Å². The summed E-state index contributed by atoms with van der Waals surface area (Å²) in [6, 6.07) is 10.2. The lowest BCUT2D eigenvalue weighted by molar-refractivity contribution is -0.126. The highest BCUT2D eigenvalue weighted by Crippen LogP contribution is 2.35. The van der Waals surface area contributed by atoms with Crippen LogP contribution < -0.4 is 9.64 Å². The first-order valence-electron chi connectivity index (χ1n) is 12.5. The lowest BCUT2D eigenvalue weighted by Gasteiger charge is -2.26. The van der Waals surface area contributed by atoms with Crippen LogP contribution in [0.3, 0.4) is 0 Å². The lowest BCUT2D eigenvalue weighted by atomic mass is 10.1. The first-order valence-corrected chi connectivity index (χ1v) is 12.5. The second-order valence-electron chi connectivity index (χ2n) is 9.46. The molecule has 0 bridgehead atoms. The number of ketones is 1. The van der Waals surface area contributed by atoms with Crippen LogP contribution >= 0.6 is 0 Å². The van der Waals surface area contributed by atoms with Gasteiger partial charge in [-0.1, -0.05) is 18.2 Å². The maximum absolute atomic E-state index is 13.6. The minimum atomic E-state index is -0.586. The summed E-state index contributed by atoms with van der Waals surface area (Å²) in [5, 5.41) is 4.83. The number of rotatable bonds is 5. The number of carbonyl (C=O) groups excluding carboxylic acids is 2. The molecule has 0 saturated carbocycles. The smallest absolute Gasteiger partial charge is 0.295 e. The zero-order valence-corrected chi connectivity index (χ0v) is 21.5. The van der Waals surface area contributed by atoms with Crippen molar-refractivity contribution in [2.24, 2.45) is 0 Å². The van der Waals surface area contributed by atoms with Gasteiger partial charge in [0.25, 0.3) is 11.7 Å². The minimum Gasteiger partial charge on any atom is -0.494 e. The van der Waals surface area contributed by atoms with Crippen LogP contribution in [0.15, 0.2) is 60.4 Å². The summed E-state index contributed by atoms with van der Waals surface area (Å²) in [6.07, 6.45) is 5.98. The molecule has 0 fully saturated rings. The van der Waals surface area contributed by atoms with Crippen molar-refractivity contribution in [3.8, 4) is 11.6 Å². The van der Waals surface area contributed by atoms with Crippen molar-refractivity contribution in [2.45, 2.75) is 19.8 Å². The van der Waals surface area contributed by atoms with Gasteiger partial charge in [0.05, 0.1) is 36.4 Å². The number of Topliss-reactive ketones (excluding diaryl/α,β-unsaturated/α-hetero) is 1. The normalized spacial score (nSPS) is 15.7. The van der Waals surface area contributed by atoms with E-state index in [0.29, 0.717) is 54.2 Å². The molecule has 0 spiro atoms. The van der Waals surface area contributed by atoms with Gasteiger partial charge in [-0.15, -0.1) is 0 Å². The molecule has 11 heteroatoms. The lowest BCUT2D eigenvalue weighted by Crippen LogP contribution is -2.38. The van der Waals surface area contributed by atoms with Crippen molar-refractivity contribution in [1.29, 1.82) is 0 Å². The average molecular weight is 513 g/mol.